The Morgan fingerprint density at radius 1 is 0.789 bits per heavy atom. The van der Waals surface area contributed by atoms with Crippen LogP contribution < -0.4 is 4.74 Å². The summed E-state index contributed by atoms with van der Waals surface area (Å²) in [7, 11) is 0. The van der Waals surface area contributed by atoms with Gasteiger partial charge in [-0.25, -0.2) is 14.8 Å². The van der Waals surface area contributed by atoms with Crippen molar-refractivity contribution >= 4 is 5.97 Å². The molecule has 1 atom stereocenters. The molecule has 1 unspecified atom stereocenters. The molecule has 1 heterocycles. The summed E-state index contributed by atoms with van der Waals surface area (Å²) in [6.45, 7) is 7.29. The second kappa shape index (κ2) is 16.6. The monoisotopic (exact) mass is 516 g/mol. The third-order valence-corrected chi connectivity index (χ3v) is 6.93. The highest BCUT2D eigenvalue weighted by atomic mass is 16.5. The third-order valence-electron chi connectivity index (χ3n) is 6.93. The van der Waals surface area contributed by atoms with Crippen molar-refractivity contribution in [2.75, 3.05) is 6.61 Å². The summed E-state index contributed by atoms with van der Waals surface area (Å²) >= 11 is 0. The van der Waals surface area contributed by atoms with Crippen molar-refractivity contribution in [3.8, 4) is 17.1 Å². The van der Waals surface area contributed by atoms with Gasteiger partial charge in [0.1, 0.15) is 12.4 Å². The maximum Gasteiger partial charge on any atom is 0.338 e. The molecule has 5 heteroatoms. The van der Waals surface area contributed by atoms with E-state index >= 15 is 0 Å². The second-order valence-corrected chi connectivity index (χ2v) is 10.3. The fourth-order valence-corrected chi connectivity index (χ4v) is 4.12. The Hall–Kier alpha value is -3.21. The van der Waals surface area contributed by atoms with E-state index in [0.29, 0.717) is 24.7 Å². The van der Waals surface area contributed by atoms with Crippen molar-refractivity contribution in [3.05, 3.63) is 77.6 Å². The highest BCUT2D eigenvalue weighted by molar-refractivity contribution is 5.89. The Bertz CT molecular complexity index is 1060. The van der Waals surface area contributed by atoms with Gasteiger partial charge in [-0.1, -0.05) is 84.3 Å². The first kappa shape index (κ1) is 29.3. The zero-order valence-corrected chi connectivity index (χ0v) is 23.5. The molecule has 0 bridgehead atoms. The average Bonchev–Trinajstić information content (AvgIpc) is 2.97. The number of benzene rings is 2. The number of aryl methyl sites for hydroxylation is 1. The van der Waals surface area contributed by atoms with E-state index in [2.05, 4.69) is 30.7 Å². The maximum absolute atomic E-state index is 12.2. The summed E-state index contributed by atoms with van der Waals surface area (Å²) in [5, 5.41) is 0. The van der Waals surface area contributed by atoms with Crippen LogP contribution >= 0.6 is 0 Å². The topological polar surface area (TPSA) is 61.3 Å². The van der Waals surface area contributed by atoms with Crippen LogP contribution in [0.5, 0.6) is 5.75 Å². The van der Waals surface area contributed by atoms with E-state index < -0.39 is 0 Å². The number of aromatic nitrogens is 2. The Kier molecular flexibility index (Phi) is 12.8. The summed E-state index contributed by atoms with van der Waals surface area (Å²) in [6.07, 6.45) is 16.5. The van der Waals surface area contributed by atoms with Crippen molar-refractivity contribution in [2.24, 2.45) is 5.92 Å². The number of ether oxygens (including phenoxy) is 2. The highest BCUT2D eigenvalue weighted by Crippen LogP contribution is 2.21. The van der Waals surface area contributed by atoms with Crippen LogP contribution in [0.25, 0.3) is 11.4 Å². The van der Waals surface area contributed by atoms with Gasteiger partial charge in [-0.15, -0.1) is 0 Å². The van der Waals surface area contributed by atoms with E-state index in [-0.39, 0.29) is 5.97 Å². The van der Waals surface area contributed by atoms with Crippen molar-refractivity contribution in [1.29, 1.82) is 0 Å². The zero-order valence-electron chi connectivity index (χ0n) is 23.5. The first-order chi connectivity index (χ1) is 18.6. The Labute approximate surface area is 229 Å². The SMILES string of the molecule is CCCCCCCCCCc1cnc(-c2ccc(OCc3ccc(C(=O)OCC(C)CC)cc3)cc2)nc1. The van der Waals surface area contributed by atoms with Gasteiger partial charge < -0.3 is 9.47 Å². The lowest BCUT2D eigenvalue weighted by Crippen LogP contribution is -2.11. The number of unbranched alkanes of at least 4 members (excludes halogenated alkanes) is 7. The van der Waals surface area contributed by atoms with Crippen molar-refractivity contribution in [3.63, 3.8) is 0 Å². The van der Waals surface area contributed by atoms with Crippen LogP contribution in [0.1, 0.15) is 100 Å². The fourth-order valence-electron chi connectivity index (χ4n) is 4.12. The minimum Gasteiger partial charge on any atom is -0.489 e. The van der Waals surface area contributed by atoms with E-state index in [1.54, 1.807) is 12.1 Å². The van der Waals surface area contributed by atoms with Gasteiger partial charge in [0.2, 0.25) is 0 Å². The molecule has 0 N–H and O–H groups in total. The number of carbonyl (C=O) groups excluding carboxylic acids is 1. The second-order valence-electron chi connectivity index (χ2n) is 10.3. The number of nitrogens with zero attached hydrogens (tertiary/aromatic N) is 2. The lowest BCUT2D eigenvalue weighted by Gasteiger charge is -2.10. The maximum atomic E-state index is 12.2. The molecule has 3 rings (SSSR count). The summed E-state index contributed by atoms with van der Waals surface area (Å²) in [4.78, 5) is 21.3. The molecule has 5 nitrogen and oxygen atoms in total. The normalized spacial score (nSPS) is 11.8. The zero-order chi connectivity index (χ0) is 27.0. The molecule has 0 radical (unpaired) electrons. The number of hydrogen-bond acceptors (Lipinski definition) is 5. The van der Waals surface area contributed by atoms with Crippen LogP contribution in [0.4, 0.5) is 0 Å². The molecule has 0 spiro atoms. The molecule has 1 aromatic heterocycles. The first-order valence-corrected chi connectivity index (χ1v) is 14.4. The number of carbonyl (C=O) groups is 1. The van der Waals surface area contributed by atoms with Crippen LogP contribution in [0.15, 0.2) is 60.9 Å². The van der Waals surface area contributed by atoms with E-state index in [0.717, 1.165) is 35.5 Å². The minimum atomic E-state index is -0.281. The summed E-state index contributed by atoms with van der Waals surface area (Å²) in [5.74, 6) is 1.59. The van der Waals surface area contributed by atoms with Crippen LogP contribution in [-0.4, -0.2) is 22.5 Å². The molecule has 0 amide bonds. The lowest BCUT2D eigenvalue weighted by molar-refractivity contribution is 0.0447. The highest BCUT2D eigenvalue weighted by Gasteiger charge is 2.09. The standard InChI is InChI=1S/C33H44N2O3/c1-4-6-7-8-9-10-11-12-13-28-22-34-32(35-23-28)29-18-20-31(21-19-29)37-25-27-14-16-30(17-15-27)33(36)38-24-26(3)5-2/h14-23,26H,4-13,24-25H2,1-3H3. The molecule has 3 aromatic rings. The van der Waals surface area contributed by atoms with Crippen LogP contribution in [0, 0.1) is 5.92 Å². The van der Waals surface area contributed by atoms with Gasteiger partial charge in [-0.2, -0.15) is 0 Å². The molecule has 204 valence electrons. The summed E-state index contributed by atoms with van der Waals surface area (Å²) in [5.41, 5.74) is 3.72. The predicted molar refractivity (Wildman–Crippen MR) is 154 cm³/mol. The first-order valence-electron chi connectivity index (χ1n) is 14.4. The van der Waals surface area contributed by atoms with Gasteiger partial charge >= 0.3 is 5.97 Å². The van der Waals surface area contributed by atoms with Crippen LogP contribution in [0.3, 0.4) is 0 Å². The van der Waals surface area contributed by atoms with E-state index in [1.807, 2.05) is 48.8 Å². The number of hydrogen-bond donors (Lipinski definition) is 0. The Morgan fingerprint density at radius 2 is 1.42 bits per heavy atom. The van der Waals surface area contributed by atoms with Crippen molar-refractivity contribution < 1.29 is 14.3 Å². The molecule has 0 aliphatic carbocycles. The molecule has 0 saturated heterocycles. The van der Waals surface area contributed by atoms with E-state index in [1.165, 1.54) is 56.9 Å². The smallest absolute Gasteiger partial charge is 0.338 e. The molecular weight excluding hydrogens is 472 g/mol. The lowest BCUT2D eigenvalue weighted by atomic mass is 10.1. The molecular formula is C33H44N2O3. The minimum absolute atomic E-state index is 0.281. The number of esters is 1. The molecule has 2 aromatic carbocycles. The van der Waals surface area contributed by atoms with Gasteiger partial charge in [0.25, 0.3) is 0 Å². The average molecular weight is 517 g/mol. The number of rotatable bonds is 17. The third kappa shape index (κ3) is 10.3. The van der Waals surface area contributed by atoms with Gasteiger partial charge in [-0.3, -0.25) is 0 Å². The predicted octanol–water partition coefficient (Wildman–Crippen LogP) is 8.61. The van der Waals surface area contributed by atoms with Gasteiger partial charge in [-0.05, 0) is 66.3 Å². The molecule has 0 fully saturated rings. The molecule has 0 aliphatic rings. The largest absolute Gasteiger partial charge is 0.489 e. The van der Waals surface area contributed by atoms with Crippen molar-refractivity contribution in [1.82, 2.24) is 9.97 Å². The molecule has 38 heavy (non-hydrogen) atoms. The van der Waals surface area contributed by atoms with Gasteiger partial charge in [0.05, 0.1) is 12.2 Å². The van der Waals surface area contributed by atoms with Gasteiger partial charge in [0.15, 0.2) is 5.82 Å². The summed E-state index contributed by atoms with van der Waals surface area (Å²) < 4.78 is 11.3. The van der Waals surface area contributed by atoms with E-state index in [4.69, 9.17) is 9.47 Å². The molecule has 0 aliphatic heterocycles. The van der Waals surface area contributed by atoms with Crippen molar-refractivity contribution in [2.45, 2.75) is 91.6 Å². The molecule has 0 saturated carbocycles. The quantitative estimate of drug-likeness (QED) is 0.133. The van der Waals surface area contributed by atoms with Crippen LogP contribution in [-0.2, 0) is 17.8 Å². The Morgan fingerprint density at radius 3 is 2.05 bits per heavy atom. The van der Waals surface area contributed by atoms with E-state index in [9.17, 15) is 4.79 Å². The summed E-state index contributed by atoms with van der Waals surface area (Å²) in [6, 6.07) is 15.2. The van der Waals surface area contributed by atoms with Gasteiger partial charge in [0, 0.05) is 18.0 Å². The van der Waals surface area contributed by atoms with Crippen LogP contribution in [0.2, 0.25) is 0 Å². The fraction of sp³-hybridized carbons (Fsp3) is 0.485. The Balaban J connectivity index is 1.39.